The highest BCUT2D eigenvalue weighted by Crippen LogP contribution is 2.46. The molecule has 0 aliphatic carbocycles. The Morgan fingerprint density at radius 1 is 1.14 bits per heavy atom. The lowest BCUT2D eigenvalue weighted by Crippen LogP contribution is -2.98. The SMILES string of the molecule is C[C@@]1(C(=O)[O-])[NH2+][C@@H](c2ccccc2O)[C@H]2C(=O)N(c3ccc(Cl)cc3)C(=O)[C@@H]21. The van der Waals surface area contributed by atoms with Gasteiger partial charge in [-0.3, -0.25) is 9.59 Å². The second-order valence-corrected chi connectivity index (χ2v) is 7.75. The molecular weight excluding hydrogens is 384 g/mol. The zero-order valence-electron chi connectivity index (χ0n) is 14.8. The lowest BCUT2D eigenvalue weighted by Gasteiger charge is -2.29. The first-order valence-electron chi connectivity index (χ1n) is 8.74. The number of fused-ring (bicyclic) bond motifs is 1. The summed E-state index contributed by atoms with van der Waals surface area (Å²) in [5.41, 5.74) is -0.918. The number of aromatic hydroxyl groups is 1. The molecule has 0 unspecified atom stereocenters. The molecule has 0 saturated carbocycles. The number of imide groups is 1. The smallest absolute Gasteiger partial charge is 0.244 e. The molecule has 28 heavy (non-hydrogen) atoms. The summed E-state index contributed by atoms with van der Waals surface area (Å²) in [6.07, 6.45) is 0. The topological polar surface area (TPSA) is 114 Å². The Hall–Kier alpha value is -2.90. The van der Waals surface area contributed by atoms with Gasteiger partial charge in [0.2, 0.25) is 11.8 Å². The number of carboxylic acids is 1. The van der Waals surface area contributed by atoms with Crippen LogP contribution in [0.4, 0.5) is 5.69 Å². The van der Waals surface area contributed by atoms with Crippen LogP contribution in [0.2, 0.25) is 5.02 Å². The molecule has 3 N–H and O–H groups in total. The standard InChI is InChI=1S/C20H17ClN2O5/c1-20(19(27)28)15-14(16(22-20)12-4-2-3-5-13(12)24)17(25)23(18(15)26)11-8-6-10(21)7-9-11/h2-9,14-16,22,24H,1H3,(H,27,28)/t14-,15+,16-,20+/m0/s1. The summed E-state index contributed by atoms with van der Waals surface area (Å²) in [6, 6.07) is 11.8. The van der Waals surface area contributed by atoms with Crippen LogP contribution in [0.5, 0.6) is 5.75 Å². The monoisotopic (exact) mass is 400 g/mol. The van der Waals surface area contributed by atoms with Crippen LogP contribution in [-0.2, 0) is 14.4 Å². The molecule has 2 amide bonds. The summed E-state index contributed by atoms with van der Waals surface area (Å²) in [6.45, 7) is 1.39. The van der Waals surface area contributed by atoms with E-state index in [1.807, 2.05) is 0 Å². The number of phenolic OH excluding ortho intramolecular Hbond substituents is 1. The van der Waals surface area contributed by atoms with Crippen molar-refractivity contribution < 1.29 is 29.9 Å². The average Bonchev–Trinajstić information content (AvgIpc) is 3.11. The maximum atomic E-state index is 13.2. The number of halogens is 1. The number of carbonyl (C=O) groups excluding carboxylic acids is 3. The van der Waals surface area contributed by atoms with E-state index < -0.39 is 41.2 Å². The van der Waals surface area contributed by atoms with E-state index in [2.05, 4.69) is 0 Å². The van der Waals surface area contributed by atoms with Crippen LogP contribution in [0, 0.1) is 11.8 Å². The van der Waals surface area contributed by atoms with Gasteiger partial charge in [-0.05, 0) is 43.3 Å². The third kappa shape index (κ3) is 2.51. The molecule has 0 spiro atoms. The summed E-state index contributed by atoms with van der Waals surface area (Å²) in [7, 11) is 0. The number of phenols is 1. The number of carbonyl (C=O) groups is 3. The Kier molecular flexibility index (Phi) is 4.17. The van der Waals surface area contributed by atoms with Crippen molar-refractivity contribution >= 4 is 35.1 Å². The van der Waals surface area contributed by atoms with Gasteiger partial charge in [0, 0.05) is 5.02 Å². The lowest BCUT2D eigenvalue weighted by atomic mass is 9.80. The maximum absolute atomic E-state index is 13.2. The van der Waals surface area contributed by atoms with E-state index in [1.165, 1.54) is 30.4 Å². The third-order valence-electron chi connectivity index (χ3n) is 5.73. The van der Waals surface area contributed by atoms with Crippen molar-refractivity contribution in [3.05, 3.63) is 59.1 Å². The number of carboxylic acid groups (broad SMARTS) is 1. The zero-order valence-corrected chi connectivity index (χ0v) is 15.6. The molecule has 0 aromatic heterocycles. The Labute approximate surface area is 165 Å². The molecule has 7 nitrogen and oxygen atoms in total. The Morgan fingerprint density at radius 3 is 2.39 bits per heavy atom. The van der Waals surface area contributed by atoms with Gasteiger partial charge in [0.05, 0.1) is 11.3 Å². The van der Waals surface area contributed by atoms with E-state index in [4.69, 9.17) is 11.6 Å². The molecule has 4 atom stereocenters. The number of nitrogens with two attached hydrogens (primary N) is 1. The fourth-order valence-corrected chi connectivity index (χ4v) is 4.48. The zero-order chi connectivity index (χ0) is 20.2. The first kappa shape index (κ1) is 18.5. The largest absolute Gasteiger partial charge is 0.544 e. The molecule has 2 fully saturated rings. The van der Waals surface area contributed by atoms with Crippen LogP contribution in [0.25, 0.3) is 0 Å². The van der Waals surface area contributed by atoms with Crippen molar-refractivity contribution in [1.82, 2.24) is 0 Å². The number of amides is 2. The fourth-order valence-electron chi connectivity index (χ4n) is 4.36. The van der Waals surface area contributed by atoms with Crippen LogP contribution >= 0.6 is 11.6 Å². The predicted octanol–water partition coefficient (Wildman–Crippen LogP) is -0.0219. The maximum Gasteiger partial charge on any atom is 0.244 e. The molecule has 2 aliphatic rings. The number of hydrogen-bond acceptors (Lipinski definition) is 5. The Balaban J connectivity index is 1.84. The van der Waals surface area contributed by atoms with Crippen molar-refractivity contribution in [3.8, 4) is 5.75 Å². The van der Waals surface area contributed by atoms with Crippen LogP contribution in [0.15, 0.2) is 48.5 Å². The minimum atomic E-state index is -1.65. The van der Waals surface area contributed by atoms with E-state index in [-0.39, 0.29) is 5.75 Å². The van der Waals surface area contributed by atoms with Crippen LogP contribution in [-0.4, -0.2) is 28.4 Å². The van der Waals surface area contributed by atoms with Crippen LogP contribution in [0.1, 0.15) is 18.5 Å². The third-order valence-corrected chi connectivity index (χ3v) is 5.98. The van der Waals surface area contributed by atoms with Crippen LogP contribution in [0.3, 0.4) is 0 Å². The van der Waals surface area contributed by atoms with Crippen molar-refractivity contribution in [2.24, 2.45) is 11.8 Å². The van der Waals surface area contributed by atoms with Crippen molar-refractivity contribution in [2.75, 3.05) is 4.90 Å². The summed E-state index contributed by atoms with van der Waals surface area (Å²) in [5.74, 6) is -4.66. The van der Waals surface area contributed by atoms with E-state index in [0.29, 0.717) is 16.3 Å². The first-order valence-corrected chi connectivity index (χ1v) is 9.12. The molecule has 2 heterocycles. The van der Waals surface area contributed by atoms with Crippen molar-refractivity contribution in [2.45, 2.75) is 18.5 Å². The number of quaternary nitrogens is 1. The molecule has 144 valence electrons. The Morgan fingerprint density at radius 2 is 1.79 bits per heavy atom. The second-order valence-electron chi connectivity index (χ2n) is 7.31. The quantitative estimate of drug-likeness (QED) is 0.703. The van der Waals surface area contributed by atoms with Gasteiger partial charge in [-0.25, -0.2) is 4.90 Å². The van der Waals surface area contributed by atoms with Crippen molar-refractivity contribution in [1.29, 1.82) is 0 Å². The van der Waals surface area contributed by atoms with Gasteiger partial charge in [-0.2, -0.15) is 0 Å². The highest BCUT2D eigenvalue weighted by molar-refractivity contribution is 6.31. The predicted molar refractivity (Wildman–Crippen MR) is 97.1 cm³/mol. The molecule has 2 aromatic carbocycles. The number of aliphatic carboxylic acids is 1. The Bertz CT molecular complexity index is 992. The highest BCUT2D eigenvalue weighted by Gasteiger charge is 2.68. The molecule has 8 heteroatoms. The highest BCUT2D eigenvalue weighted by atomic mass is 35.5. The second kappa shape index (κ2) is 6.32. The first-order chi connectivity index (χ1) is 13.3. The van der Waals surface area contributed by atoms with Crippen molar-refractivity contribution in [3.63, 3.8) is 0 Å². The van der Waals surface area contributed by atoms with Gasteiger partial charge in [-0.15, -0.1) is 0 Å². The summed E-state index contributed by atoms with van der Waals surface area (Å²) in [5, 5.41) is 24.1. The number of para-hydroxylation sites is 1. The van der Waals surface area contributed by atoms with Gasteiger partial charge in [-0.1, -0.05) is 23.7 Å². The molecule has 4 rings (SSSR count). The molecule has 2 aromatic rings. The van der Waals surface area contributed by atoms with E-state index in [0.717, 1.165) is 4.90 Å². The molecule has 0 bridgehead atoms. The molecule has 2 aliphatic heterocycles. The van der Waals surface area contributed by atoms with Gasteiger partial charge >= 0.3 is 0 Å². The molecule has 2 saturated heterocycles. The molecule has 0 radical (unpaired) electrons. The van der Waals surface area contributed by atoms with E-state index >= 15 is 0 Å². The normalized spacial score (nSPS) is 29.2. The molecular formula is C20H17ClN2O5. The van der Waals surface area contributed by atoms with Gasteiger partial charge in [0.15, 0.2) is 0 Å². The minimum absolute atomic E-state index is 0.0599. The number of anilines is 1. The van der Waals surface area contributed by atoms with Gasteiger partial charge < -0.3 is 20.3 Å². The van der Waals surface area contributed by atoms with E-state index in [1.54, 1.807) is 30.3 Å². The summed E-state index contributed by atoms with van der Waals surface area (Å²) < 4.78 is 0. The van der Waals surface area contributed by atoms with Crippen LogP contribution < -0.4 is 15.3 Å². The number of hydrogen-bond donors (Lipinski definition) is 2. The van der Waals surface area contributed by atoms with Gasteiger partial charge in [0.1, 0.15) is 35.1 Å². The average molecular weight is 401 g/mol. The summed E-state index contributed by atoms with van der Waals surface area (Å²) >= 11 is 5.89. The van der Waals surface area contributed by atoms with E-state index in [9.17, 15) is 24.6 Å². The number of benzene rings is 2. The lowest BCUT2D eigenvalue weighted by molar-refractivity contribution is -0.735. The fraction of sp³-hybridized carbons (Fsp3) is 0.250. The van der Waals surface area contributed by atoms with Gasteiger partial charge in [0.25, 0.3) is 0 Å². The number of nitrogens with zero attached hydrogens (tertiary/aromatic N) is 1. The summed E-state index contributed by atoms with van der Waals surface area (Å²) in [4.78, 5) is 39.4. The minimum Gasteiger partial charge on any atom is -0.544 e. The number of rotatable bonds is 3.